The van der Waals surface area contributed by atoms with Crippen molar-refractivity contribution in [3.8, 4) is 11.5 Å². The van der Waals surface area contributed by atoms with Crippen LogP contribution in [-0.4, -0.2) is 24.3 Å². The van der Waals surface area contributed by atoms with Crippen LogP contribution in [0.5, 0.6) is 11.5 Å². The van der Waals surface area contributed by atoms with Crippen molar-refractivity contribution in [3.05, 3.63) is 69.6 Å². The molecular weight excluding hydrogens is 396 g/mol. The van der Waals surface area contributed by atoms with E-state index in [2.05, 4.69) is 13.0 Å². The van der Waals surface area contributed by atoms with Crippen LogP contribution in [0.2, 0.25) is 0 Å². The third kappa shape index (κ3) is 5.45. The zero-order valence-electron chi connectivity index (χ0n) is 18.0. The van der Waals surface area contributed by atoms with Gasteiger partial charge in [0.25, 0.3) is 0 Å². The summed E-state index contributed by atoms with van der Waals surface area (Å²) < 4.78 is 17.4. The number of benzene rings is 2. The maximum Gasteiger partial charge on any atom is 0.371 e. The second-order valence-corrected chi connectivity index (χ2v) is 7.36. The number of carboxylic acids is 1. The third-order valence-corrected chi connectivity index (χ3v) is 4.96. The van der Waals surface area contributed by atoms with E-state index in [4.69, 9.17) is 13.9 Å². The maximum atomic E-state index is 12.3. The average molecular weight is 424 g/mol. The Bertz CT molecular complexity index is 1100. The zero-order chi connectivity index (χ0) is 22.2. The minimum Gasteiger partial charge on any atom is -0.493 e. The van der Waals surface area contributed by atoms with Gasteiger partial charge in [0, 0.05) is 18.1 Å². The molecule has 2 aromatic carbocycles. The van der Waals surface area contributed by atoms with Crippen LogP contribution in [0.15, 0.2) is 51.7 Å². The Balaban J connectivity index is 1.71. The van der Waals surface area contributed by atoms with Gasteiger partial charge in [0.05, 0.1) is 18.6 Å². The number of carbonyl (C=O) groups is 1. The lowest BCUT2D eigenvalue weighted by atomic mass is 10.0. The quantitative estimate of drug-likeness (QED) is 0.424. The molecule has 0 saturated carbocycles. The van der Waals surface area contributed by atoms with E-state index in [1.807, 2.05) is 25.1 Å². The highest BCUT2D eigenvalue weighted by molar-refractivity contribution is 5.89. The minimum atomic E-state index is -1.27. The standard InChI is InChI=1S/C25H28O6/c1-3-8-17-10-5-6-11-21(17)29-14-7-15-30-22-13-12-18-20(26)16-23(25(27)28)31-24(18)19(22)9-4-2/h5-6,10-13,16H,3-4,7-9,14-15H2,1-2H3,(H,27,28). The topological polar surface area (TPSA) is 86.0 Å². The largest absolute Gasteiger partial charge is 0.493 e. The van der Waals surface area contributed by atoms with Crippen LogP contribution in [0.1, 0.15) is 54.8 Å². The van der Waals surface area contributed by atoms with Crippen molar-refractivity contribution in [3.63, 3.8) is 0 Å². The molecule has 0 aliphatic heterocycles. The highest BCUT2D eigenvalue weighted by Gasteiger charge is 2.16. The van der Waals surface area contributed by atoms with Crippen LogP contribution >= 0.6 is 0 Å². The molecule has 0 radical (unpaired) electrons. The van der Waals surface area contributed by atoms with E-state index in [9.17, 15) is 14.7 Å². The molecule has 0 amide bonds. The van der Waals surface area contributed by atoms with Crippen LogP contribution in [0.4, 0.5) is 0 Å². The van der Waals surface area contributed by atoms with Crippen molar-refractivity contribution in [2.45, 2.75) is 46.0 Å². The van der Waals surface area contributed by atoms with Crippen LogP contribution in [0.3, 0.4) is 0 Å². The monoisotopic (exact) mass is 424 g/mol. The van der Waals surface area contributed by atoms with Gasteiger partial charge < -0.3 is 19.0 Å². The molecule has 0 atom stereocenters. The molecule has 0 spiro atoms. The number of ether oxygens (including phenoxy) is 2. The maximum absolute atomic E-state index is 12.3. The number of para-hydroxylation sites is 1. The first-order valence-corrected chi connectivity index (χ1v) is 10.7. The molecule has 0 aliphatic carbocycles. The van der Waals surface area contributed by atoms with Crippen molar-refractivity contribution in [1.29, 1.82) is 0 Å². The Hall–Kier alpha value is -3.28. The molecule has 1 N–H and O–H groups in total. The normalized spacial score (nSPS) is 10.9. The Morgan fingerprint density at radius 3 is 2.39 bits per heavy atom. The summed E-state index contributed by atoms with van der Waals surface area (Å²) in [6, 6.07) is 12.4. The summed E-state index contributed by atoms with van der Waals surface area (Å²) in [5.74, 6) is -0.129. The molecule has 1 aromatic heterocycles. The van der Waals surface area contributed by atoms with Gasteiger partial charge in [-0.05, 0) is 36.6 Å². The van der Waals surface area contributed by atoms with E-state index in [0.29, 0.717) is 37.2 Å². The molecule has 3 rings (SSSR count). The van der Waals surface area contributed by atoms with Gasteiger partial charge >= 0.3 is 5.97 Å². The van der Waals surface area contributed by atoms with E-state index in [0.717, 1.165) is 36.6 Å². The molecular formula is C25H28O6. The summed E-state index contributed by atoms with van der Waals surface area (Å²) in [6.07, 6.45) is 4.13. The second kappa shape index (κ2) is 10.7. The third-order valence-electron chi connectivity index (χ3n) is 4.96. The number of rotatable bonds is 11. The fourth-order valence-electron chi connectivity index (χ4n) is 3.53. The lowest BCUT2D eigenvalue weighted by Gasteiger charge is -2.14. The van der Waals surface area contributed by atoms with Gasteiger partial charge in [-0.1, -0.05) is 44.9 Å². The SMILES string of the molecule is CCCc1ccccc1OCCCOc1ccc2c(=O)cc(C(=O)O)oc2c1CCC. The van der Waals surface area contributed by atoms with Crippen LogP contribution < -0.4 is 14.9 Å². The minimum absolute atomic E-state index is 0.286. The van der Waals surface area contributed by atoms with E-state index in [1.165, 1.54) is 5.56 Å². The Morgan fingerprint density at radius 1 is 0.968 bits per heavy atom. The first-order valence-electron chi connectivity index (χ1n) is 10.7. The van der Waals surface area contributed by atoms with Crippen molar-refractivity contribution in [2.24, 2.45) is 0 Å². The van der Waals surface area contributed by atoms with E-state index in [1.54, 1.807) is 12.1 Å². The summed E-state index contributed by atoms with van der Waals surface area (Å²) in [6.45, 7) is 5.10. The van der Waals surface area contributed by atoms with Crippen LogP contribution in [0, 0.1) is 0 Å². The molecule has 0 aliphatic rings. The van der Waals surface area contributed by atoms with Gasteiger partial charge in [0.15, 0.2) is 5.43 Å². The van der Waals surface area contributed by atoms with E-state index < -0.39 is 5.97 Å². The molecule has 1 heterocycles. The molecule has 31 heavy (non-hydrogen) atoms. The Labute approximate surface area is 181 Å². The predicted molar refractivity (Wildman–Crippen MR) is 119 cm³/mol. The smallest absolute Gasteiger partial charge is 0.371 e. The second-order valence-electron chi connectivity index (χ2n) is 7.36. The lowest BCUT2D eigenvalue weighted by Crippen LogP contribution is -2.10. The highest BCUT2D eigenvalue weighted by atomic mass is 16.5. The van der Waals surface area contributed by atoms with Crippen molar-refractivity contribution < 1.29 is 23.8 Å². The number of aryl methyl sites for hydroxylation is 2. The van der Waals surface area contributed by atoms with Gasteiger partial charge in [0.1, 0.15) is 17.1 Å². The van der Waals surface area contributed by atoms with E-state index >= 15 is 0 Å². The molecule has 164 valence electrons. The van der Waals surface area contributed by atoms with Crippen molar-refractivity contribution in [2.75, 3.05) is 13.2 Å². The van der Waals surface area contributed by atoms with Gasteiger partial charge in [-0.3, -0.25) is 4.79 Å². The number of hydrogen-bond acceptors (Lipinski definition) is 5. The highest BCUT2D eigenvalue weighted by Crippen LogP contribution is 2.29. The molecule has 0 unspecified atom stereocenters. The Morgan fingerprint density at radius 2 is 1.68 bits per heavy atom. The zero-order valence-corrected chi connectivity index (χ0v) is 18.0. The fraction of sp³-hybridized carbons (Fsp3) is 0.360. The fourth-order valence-corrected chi connectivity index (χ4v) is 3.53. The molecule has 0 fully saturated rings. The van der Waals surface area contributed by atoms with Gasteiger partial charge in [0.2, 0.25) is 5.76 Å². The summed E-state index contributed by atoms with van der Waals surface area (Å²) in [5.41, 5.74) is 1.83. The molecule has 0 bridgehead atoms. The average Bonchev–Trinajstić information content (AvgIpc) is 2.76. The predicted octanol–water partition coefficient (Wildman–Crippen LogP) is 5.24. The number of aromatic carboxylic acids is 1. The van der Waals surface area contributed by atoms with Gasteiger partial charge in [-0.15, -0.1) is 0 Å². The first kappa shape index (κ1) is 22.4. The number of fused-ring (bicyclic) bond motifs is 1. The van der Waals surface area contributed by atoms with E-state index in [-0.39, 0.29) is 16.8 Å². The Kier molecular flexibility index (Phi) is 7.70. The van der Waals surface area contributed by atoms with Crippen LogP contribution in [-0.2, 0) is 12.8 Å². The van der Waals surface area contributed by atoms with Gasteiger partial charge in [-0.25, -0.2) is 4.79 Å². The summed E-state index contributed by atoms with van der Waals surface area (Å²) in [7, 11) is 0. The summed E-state index contributed by atoms with van der Waals surface area (Å²) in [5, 5.41) is 9.59. The first-order chi connectivity index (χ1) is 15.0. The lowest BCUT2D eigenvalue weighted by molar-refractivity contribution is 0.0663. The summed E-state index contributed by atoms with van der Waals surface area (Å²) >= 11 is 0. The van der Waals surface area contributed by atoms with Gasteiger partial charge in [-0.2, -0.15) is 0 Å². The summed E-state index contributed by atoms with van der Waals surface area (Å²) in [4.78, 5) is 23.6. The number of hydrogen-bond donors (Lipinski definition) is 1. The molecule has 6 heteroatoms. The number of carboxylic acid groups (broad SMARTS) is 1. The molecule has 6 nitrogen and oxygen atoms in total. The van der Waals surface area contributed by atoms with Crippen molar-refractivity contribution >= 4 is 16.9 Å². The molecule has 3 aromatic rings. The molecule has 0 saturated heterocycles. The van der Waals surface area contributed by atoms with Crippen LogP contribution in [0.25, 0.3) is 11.0 Å². The van der Waals surface area contributed by atoms with Crippen molar-refractivity contribution in [1.82, 2.24) is 0 Å².